The van der Waals surface area contributed by atoms with Crippen molar-refractivity contribution in [3.8, 4) is 17.0 Å². The molecule has 1 aromatic heterocycles. The van der Waals surface area contributed by atoms with E-state index in [4.69, 9.17) is 4.74 Å². The molecule has 2 heterocycles. The molecular formula is C18H23N3O2. The van der Waals surface area contributed by atoms with Gasteiger partial charge in [-0.15, -0.1) is 0 Å². The molecule has 23 heavy (non-hydrogen) atoms. The minimum Gasteiger partial charge on any atom is -0.496 e. The van der Waals surface area contributed by atoms with Crippen LogP contribution in [0.25, 0.3) is 11.3 Å². The summed E-state index contributed by atoms with van der Waals surface area (Å²) in [5.74, 6) is 1.86. The molecule has 0 radical (unpaired) electrons. The molecule has 1 fully saturated rings. The van der Waals surface area contributed by atoms with E-state index in [9.17, 15) is 4.79 Å². The second kappa shape index (κ2) is 6.44. The lowest BCUT2D eigenvalue weighted by molar-refractivity contribution is 0.0617. The first-order chi connectivity index (χ1) is 11.1. The van der Waals surface area contributed by atoms with Crippen molar-refractivity contribution in [3.63, 3.8) is 0 Å². The van der Waals surface area contributed by atoms with Crippen molar-refractivity contribution >= 4 is 5.91 Å². The van der Waals surface area contributed by atoms with E-state index in [2.05, 4.69) is 24.0 Å². The van der Waals surface area contributed by atoms with Gasteiger partial charge >= 0.3 is 0 Å². The quantitative estimate of drug-likeness (QED) is 0.946. The summed E-state index contributed by atoms with van der Waals surface area (Å²) < 4.78 is 5.36. The van der Waals surface area contributed by atoms with E-state index in [0.717, 1.165) is 30.1 Å². The van der Waals surface area contributed by atoms with Crippen LogP contribution in [0.4, 0.5) is 0 Å². The monoisotopic (exact) mass is 313 g/mol. The number of hydrogen-bond acceptors (Lipinski definition) is 3. The molecule has 122 valence electrons. The van der Waals surface area contributed by atoms with Gasteiger partial charge in [-0.25, -0.2) is 0 Å². The SMILES string of the molecule is COc1ccccc1-c1cc(C(=O)N2C[C@H](C)C[C@H](C)C2)[nH]n1. The summed E-state index contributed by atoms with van der Waals surface area (Å²) >= 11 is 0. The third-order valence-corrected chi connectivity index (χ3v) is 4.35. The normalized spacial score (nSPS) is 21.3. The maximum absolute atomic E-state index is 12.7. The molecule has 0 bridgehead atoms. The Morgan fingerprint density at radius 1 is 1.26 bits per heavy atom. The van der Waals surface area contributed by atoms with E-state index >= 15 is 0 Å². The number of aromatic nitrogens is 2. The predicted molar refractivity (Wildman–Crippen MR) is 89.4 cm³/mol. The van der Waals surface area contributed by atoms with Crippen molar-refractivity contribution < 1.29 is 9.53 Å². The van der Waals surface area contributed by atoms with Crippen LogP contribution in [0.3, 0.4) is 0 Å². The summed E-state index contributed by atoms with van der Waals surface area (Å²) in [6, 6.07) is 9.48. The predicted octanol–water partition coefficient (Wildman–Crippen LogP) is 3.20. The van der Waals surface area contributed by atoms with Crippen LogP contribution in [-0.2, 0) is 0 Å². The zero-order chi connectivity index (χ0) is 16.4. The van der Waals surface area contributed by atoms with Crippen LogP contribution in [0.5, 0.6) is 5.75 Å². The number of carbonyl (C=O) groups is 1. The van der Waals surface area contributed by atoms with Gasteiger partial charge in [0.15, 0.2) is 0 Å². The lowest BCUT2D eigenvalue weighted by atomic mass is 9.92. The van der Waals surface area contributed by atoms with Gasteiger partial charge in [0.25, 0.3) is 5.91 Å². The van der Waals surface area contributed by atoms with E-state index in [1.165, 1.54) is 6.42 Å². The van der Waals surface area contributed by atoms with Crippen LogP contribution in [-0.4, -0.2) is 41.2 Å². The maximum atomic E-state index is 12.7. The Morgan fingerprint density at radius 2 is 1.96 bits per heavy atom. The molecular weight excluding hydrogens is 290 g/mol. The van der Waals surface area contributed by atoms with Crippen LogP contribution in [0.1, 0.15) is 30.8 Å². The summed E-state index contributed by atoms with van der Waals surface area (Å²) in [6.45, 7) is 6.02. The van der Waals surface area contributed by atoms with Gasteiger partial charge < -0.3 is 9.64 Å². The largest absolute Gasteiger partial charge is 0.496 e. The number of carbonyl (C=O) groups excluding carboxylic acids is 1. The molecule has 0 saturated carbocycles. The van der Waals surface area contributed by atoms with Crippen LogP contribution in [0.2, 0.25) is 0 Å². The molecule has 0 spiro atoms. The second-order valence-electron chi connectivity index (χ2n) is 6.52. The van der Waals surface area contributed by atoms with Crippen molar-refractivity contribution in [1.29, 1.82) is 0 Å². The van der Waals surface area contributed by atoms with E-state index in [0.29, 0.717) is 17.5 Å². The Balaban J connectivity index is 1.83. The lowest BCUT2D eigenvalue weighted by Gasteiger charge is -2.34. The zero-order valence-electron chi connectivity index (χ0n) is 13.9. The van der Waals surface area contributed by atoms with Gasteiger partial charge in [0.2, 0.25) is 0 Å². The highest BCUT2D eigenvalue weighted by molar-refractivity contribution is 5.93. The topological polar surface area (TPSA) is 58.2 Å². The minimum atomic E-state index is 0.0250. The number of methoxy groups -OCH3 is 1. The van der Waals surface area contributed by atoms with Gasteiger partial charge in [0.1, 0.15) is 11.4 Å². The number of para-hydroxylation sites is 1. The van der Waals surface area contributed by atoms with Crippen LogP contribution in [0.15, 0.2) is 30.3 Å². The number of H-pyrrole nitrogens is 1. The molecule has 1 N–H and O–H groups in total. The number of piperidine rings is 1. The highest BCUT2D eigenvalue weighted by atomic mass is 16.5. The number of nitrogens with one attached hydrogen (secondary N) is 1. The summed E-state index contributed by atoms with van der Waals surface area (Å²) in [6.07, 6.45) is 1.18. The fourth-order valence-corrected chi connectivity index (χ4v) is 3.42. The highest BCUT2D eigenvalue weighted by Crippen LogP contribution is 2.29. The number of likely N-dealkylation sites (tertiary alicyclic amines) is 1. The molecule has 5 heteroatoms. The van der Waals surface area contributed by atoms with E-state index in [1.54, 1.807) is 7.11 Å². The van der Waals surface area contributed by atoms with Crippen LogP contribution < -0.4 is 4.74 Å². The zero-order valence-corrected chi connectivity index (χ0v) is 13.9. The van der Waals surface area contributed by atoms with Gasteiger partial charge in [-0.2, -0.15) is 5.10 Å². The Hall–Kier alpha value is -2.30. The molecule has 0 unspecified atom stereocenters. The van der Waals surface area contributed by atoms with Crippen LogP contribution in [0, 0.1) is 11.8 Å². The Kier molecular flexibility index (Phi) is 4.37. The number of hydrogen-bond donors (Lipinski definition) is 1. The molecule has 2 aromatic rings. The number of rotatable bonds is 3. The molecule has 3 rings (SSSR count). The lowest BCUT2D eigenvalue weighted by Crippen LogP contribution is -2.42. The molecule has 1 aliphatic rings. The smallest absolute Gasteiger partial charge is 0.271 e. The second-order valence-corrected chi connectivity index (χ2v) is 6.52. The number of amides is 1. The van der Waals surface area contributed by atoms with Gasteiger partial charge in [0.05, 0.1) is 12.8 Å². The Morgan fingerprint density at radius 3 is 2.65 bits per heavy atom. The molecule has 2 atom stereocenters. The molecule has 1 aliphatic heterocycles. The summed E-state index contributed by atoms with van der Waals surface area (Å²) in [4.78, 5) is 14.6. The standard InChI is InChI=1S/C18H23N3O2/c1-12-8-13(2)11-21(10-12)18(22)16-9-15(19-20-16)14-6-4-5-7-17(14)23-3/h4-7,9,12-13H,8,10-11H2,1-3H3,(H,19,20)/t12-,13+. The van der Waals surface area contributed by atoms with Crippen LogP contribution >= 0.6 is 0 Å². The number of benzene rings is 1. The van der Waals surface area contributed by atoms with Crippen molar-refractivity contribution in [1.82, 2.24) is 15.1 Å². The van der Waals surface area contributed by atoms with Gasteiger partial charge in [-0.05, 0) is 36.5 Å². The number of ether oxygens (including phenoxy) is 1. The van der Waals surface area contributed by atoms with Gasteiger partial charge in [-0.3, -0.25) is 9.89 Å². The van der Waals surface area contributed by atoms with Crippen molar-refractivity contribution in [2.24, 2.45) is 11.8 Å². The summed E-state index contributed by atoms with van der Waals surface area (Å²) in [7, 11) is 1.63. The van der Waals surface area contributed by atoms with Crippen molar-refractivity contribution in [2.75, 3.05) is 20.2 Å². The first-order valence-electron chi connectivity index (χ1n) is 8.06. The van der Waals surface area contributed by atoms with Gasteiger partial charge in [0, 0.05) is 18.7 Å². The highest BCUT2D eigenvalue weighted by Gasteiger charge is 2.27. The molecule has 5 nitrogen and oxygen atoms in total. The minimum absolute atomic E-state index is 0.0250. The molecule has 0 aliphatic carbocycles. The fraction of sp³-hybridized carbons (Fsp3) is 0.444. The number of aromatic amines is 1. The third kappa shape index (κ3) is 3.23. The van der Waals surface area contributed by atoms with E-state index in [1.807, 2.05) is 35.2 Å². The van der Waals surface area contributed by atoms with Crippen molar-refractivity contribution in [2.45, 2.75) is 20.3 Å². The average molecular weight is 313 g/mol. The number of nitrogens with zero attached hydrogens (tertiary/aromatic N) is 2. The average Bonchev–Trinajstić information content (AvgIpc) is 3.03. The first kappa shape index (κ1) is 15.6. The Labute approximate surface area is 136 Å². The van der Waals surface area contributed by atoms with Gasteiger partial charge in [-0.1, -0.05) is 26.0 Å². The molecule has 1 amide bonds. The van der Waals surface area contributed by atoms with E-state index in [-0.39, 0.29) is 5.91 Å². The maximum Gasteiger partial charge on any atom is 0.271 e. The van der Waals surface area contributed by atoms with E-state index < -0.39 is 0 Å². The molecule has 1 aromatic carbocycles. The summed E-state index contributed by atoms with van der Waals surface area (Å²) in [5, 5.41) is 7.18. The van der Waals surface area contributed by atoms with Crippen molar-refractivity contribution in [3.05, 3.63) is 36.0 Å². The third-order valence-electron chi connectivity index (χ3n) is 4.35. The summed E-state index contributed by atoms with van der Waals surface area (Å²) in [5.41, 5.74) is 2.14. The first-order valence-corrected chi connectivity index (χ1v) is 8.06. The Bertz CT molecular complexity index is 685. The fourth-order valence-electron chi connectivity index (χ4n) is 3.42. The molecule has 1 saturated heterocycles.